The topological polar surface area (TPSA) is 20.3 Å². The first kappa shape index (κ1) is 20.9. The number of alkyl halides is 1. The summed E-state index contributed by atoms with van der Waals surface area (Å²) in [5, 5.41) is 0. The summed E-state index contributed by atoms with van der Waals surface area (Å²) in [6.07, 6.45) is 1.75. The maximum Gasteiger partial charge on any atom is 0.225 e. The van der Waals surface area contributed by atoms with Gasteiger partial charge in [-0.3, -0.25) is 4.79 Å². The second-order valence-corrected chi connectivity index (χ2v) is 9.10. The van der Waals surface area contributed by atoms with Crippen molar-refractivity contribution in [2.75, 3.05) is 14.1 Å². The van der Waals surface area contributed by atoms with Crippen LogP contribution in [-0.2, 0) is 4.79 Å². The molecule has 2 aromatic rings. The van der Waals surface area contributed by atoms with Gasteiger partial charge in [-0.15, -0.1) is 0 Å². The summed E-state index contributed by atoms with van der Waals surface area (Å²) in [4.78, 5) is 14.6. The first-order valence-corrected chi connectivity index (χ1v) is 10.5. The normalized spacial score (nSPS) is 14.5. The molecule has 2 rings (SSSR count). The lowest BCUT2D eigenvalue weighted by Crippen LogP contribution is -2.31. The van der Waals surface area contributed by atoms with E-state index < -0.39 is 0 Å². The van der Waals surface area contributed by atoms with Crippen molar-refractivity contribution in [1.29, 1.82) is 0 Å². The van der Waals surface area contributed by atoms with Gasteiger partial charge in [0.1, 0.15) is 0 Å². The minimum Gasteiger partial charge on any atom is -0.349 e. The molecule has 26 heavy (non-hydrogen) atoms. The van der Waals surface area contributed by atoms with E-state index in [0.717, 1.165) is 12.8 Å². The van der Waals surface area contributed by atoms with Gasteiger partial charge >= 0.3 is 0 Å². The Bertz CT molecular complexity index is 723. The van der Waals surface area contributed by atoms with E-state index in [1.54, 1.807) is 4.90 Å². The van der Waals surface area contributed by atoms with Gasteiger partial charge in [0.2, 0.25) is 5.91 Å². The Labute approximate surface area is 172 Å². The number of amides is 1. The Balaban J connectivity index is 2.15. The zero-order valence-corrected chi connectivity index (χ0v) is 18.7. The van der Waals surface area contributed by atoms with Gasteiger partial charge in [0.15, 0.2) is 0 Å². The summed E-state index contributed by atoms with van der Waals surface area (Å²) >= 11 is 2.49. The van der Waals surface area contributed by atoms with Crippen molar-refractivity contribution in [3.05, 3.63) is 70.8 Å². The van der Waals surface area contributed by atoms with Crippen molar-refractivity contribution in [3.8, 4) is 0 Å². The highest BCUT2D eigenvalue weighted by molar-refractivity contribution is 14.1. The van der Waals surface area contributed by atoms with E-state index in [4.69, 9.17) is 0 Å². The zero-order valence-electron chi connectivity index (χ0n) is 16.5. The molecule has 0 bridgehead atoms. The molecule has 0 saturated heterocycles. The molecule has 0 fully saturated rings. The van der Waals surface area contributed by atoms with Gasteiger partial charge in [-0.25, -0.2) is 0 Å². The van der Waals surface area contributed by atoms with Crippen LogP contribution in [-0.4, -0.2) is 24.9 Å². The van der Waals surface area contributed by atoms with Crippen molar-refractivity contribution >= 4 is 28.5 Å². The predicted molar refractivity (Wildman–Crippen MR) is 119 cm³/mol. The first-order valence-electron chi connectivity index (χ1n) is 9.26. The van der Waals surface area contributed by atoms with Gasteiger partial charge in [0, 0.05) is 23.9 Å². The standard InChI is InChI=1S/C23H30INO/c1-16-9-11-19(12-10-16)18(3)14-21(23(26)25(4)5)15-22(24)20-8-6-7-17(2)13-20/h6-13,18,21-22H,14-15H2,1-5H3. The molecule has 0 N–H and O–H groups in total. The Morgan fingerprint density at radius 2 is 1.62 bits per heavy atom. The van der Waals surface area contributed by atoms with E-state index in [1.165, 1.54) is 22.3 Å². The summed E-state index contributed by atoms with van der Waals surface area (Å²) < 4.78 is 0.339. The molecule has 0 saturated carbocycles. The van der Waals surface area contributed by atoms with Crippen LogP contribution in [0.4, 0.5) is 0 Å². The van der Waals surface area contributed by atoms with Gasteiger partial charge in [-0.05, 0) is 43.7 Å². The van der Waals surface area contributed by atoms with Crippen LogP contribution in [0.5, 0.6) is 0 Å². The highest BCUT2D eigenvalue weighted by atomic mass is 127. The third kappa shape index (κ3) is 5.83. The summed E-state index contributed by atoms with van der Waals surface area (Å²) in [5.41, 5.74) is 5.17. The molecule has 0 radical (unpaired) electrons. The molecule has 0 aliphatic heterocycles. The minimum absolute atomic E-state index is 0.0312. The van der Waals surface area contributed by atoms with Crippen LogP contribution in [0.3, 0.4) is 0 Å². The predicted octanol–water partition coefficient (Wildman–Crippen LogP) is 6.07. The second-order valence-electron chi connectivity index (χ2n) is 7.59. The number of hydrogen-bond acceptors (Lipinski definition) is 1. The first-order chi connectivity index (χ1) is 12.3. The smallest absolute Gasteiger partial charge is 0.225 e. The molecule has 0 heterocycles. The van der Waals surface area contributed by atoms with Crippen LogP contribution in [0.2, 0.25) is 0 Å². The third-order valence-electron chi connectivity index (χ3n) is 4.97. The Kier molecular flexibility index (Phi) is 7.69. The SMILES string of the molecule is Cc1ccc(C(C)CC(CC(I)c2cccc(C)c2)C(=O)N(C)C)cc1. The second kappa shape index (κ2) is 9.54. The van der Waals surface area contributed by atoms with E-state index in [2.05, 4.69) is 91.9 Å². The summed E-state index contributed by atoms with van der Waals surface area (Å²) in [7, 11) is 3.72. The quantitative estimate of drug-likeness (QED) is 0.361. The van der Waals surface area contributed by atoms with Crippen molar-refractivity contribution in [3.63, 3.8) is 0 Å². The molecule has 1 amide bonds. The van der Waals surface area contributed by atoms with Crippen LogP contribution in [0.15, 0.2) is 48.5 Å². The highest BCUT2D eigenvalue weighted by Crippen LogP contribution is 2.35. The molecule has 3 atom stereocenters. The molecule has 0 aliphatic carbocycles. The summed E-state index contributed by atoms with van der Waals surface area (Å²) in [6.45, 7) is 6.46. The highest BCUT2D eigenvalue weighted by Gasteiger charge is 2.26. The molecular weight excluding hydrogens is 433 g/mol. The van der Waals surface area contributed by atoms with Gasteiger partial charge in [0.05, 0.1) is 0 Å². The molecule has 2 nitrogen and oxygen atoms in total. The fraction of sp³-hybridized carbons (Fsp3) is 0.435. The number of hydrogen-bond donors (Lipinski definition) is 0. The number of rotatable bonds is 7. The molecule has 2 aromatic carbocycles. The number of nitrogens with zero attached hydrogens (tertiary/aromatic N) is 1. The van der Waals surface area contributed by atoms with Crippen molar-refractivity contribution in [2.24, 2.45) is 5.92 Å². The number of carbonyl (C=O) groups excluding carboxylic acids is 1. The van der Waals surface area contributed by atoms with Crippen LogP contribution in [0.25, 0.3) is 0 Å². The minimum atomic E-state index is 0.0312. The molecule has 0 aromatic heterocycles. The van der Waals surface area contributed by atoms with Crippen molar-refractivity contribution in [1.82, 2.24) is 4.90 Å². The Morgan fingerprint density at radius 3 is 2.19 bits per heavy atom. The number of carbonyl (C=O) groups is 1. The lowest BCUT2D eigenvalue weighted by atomic mass is 9.86. The average Bonchev–Trinajstić information content (AvgIpc) is 2.60. The summed E-state index contributed by atoms with van der Waals surface area (Å²) in [6, 6.07) is 17.3. The van der Waals surface area contributed by atoms with E-state index in [-0.39, 0.29) is 11.8 Å². The van der Waals surface area contributed by atoms with Crippen LogP contribution in [0.1, 0.15) is 51.9 Å². The van der Waals surface area contributed by atoms with E-state index >= 15 is 0 Å². The van der Waals surface area contributed by atoms with Crippen molar-refractivity contribution in [2.45, 2.75) is 43.5 Å². The maximum atomic E-state index is 12.8. The summed E-state index contributed by atoms with van der Waals surface area (Å²) in [5.74, 6) is 0.632. The average molecular weight is 463 g/mol. The molecule has 3 heteroatoms. The number of halogens is 1. The fourth-order valence-electron chi connectivity index (χ4n) is 3.37. The van der Waals surface area contributed by atoms with Crippen LogP contribution in [0, 0.1) is 19.8 Å². The van der Waals surface area contributed by atoms with E-state index in [9.17, 15) is 4.79 Å². The largest absolute Gasteiger partial charge is 0.349 e. The van der Waals surface area contributed by atoms with E-state index in [1.807, 2.05) is 14.1 Å². The lowest BCUT2D eigenvalue weighted by molar-refractivity contribution is -0.133. The maximum absolute atomic E-state index is 12.8. The van der Waals surface area contributed by atoms with Crippen LogP contribution >= 0.6 is 22.6 Å². The number of aryl methyl sites for hydroxylation is 2. The third-order valence-corrected chi connectivity index (χ3v) is 6.20. The zero-order chi connectivity index (χ0) is 19.3. The van der Waals surface area contributed by atoms with E-state index in [0.29, 0.717) is 9.84 Å². The van der Waals surface area contributed by atoms with Crippen LogP contribution < -0.4 is 0 Å². The fourth-order valence-corrected chi connectivity index (χ4v) is 4.37. The molecule has 0 spiro atoms. The van der Waals surface area contributed by atoms with Crippen molar-refractivity contribution < 1.29 is 4.79 Å². The Morgan fingerprint density at radius 1 is 0.962 bits per heavy atom. The molecule has 3 unspecified atom stereocenters. The van der Waals surface area contributed by atoms with Gasteiger partial charge < -0.3 is 4.90 Å². The molecule has 140 valence electrons. The molecular formula is C23H30INO. The molecule has 0 aliphatic rings. The number of benzene rings is 2. The lowest BCUT2D eigenvalue weighted by Gasteiger charge is -2.26. The Hall–Kier alpha value is -1.36. The van der Waals surface area contributed by atoms with Gasteiger partial charge in [-0.2, -0.15) is 0 Å². The monoisotopic (exact) mass is 463 g/mol. The van der Waals surface area contributed by atoms with Gasteiger partial charge in [0.25, 0.3) is 0 Å². The van der Waals surface area contributed by atoms with Gasteiger partial charge in [-0.1, -0.05) is 89.2 Å².